The summed E-state index contributed by atoms with van der Waals surface area (Å²) >= 11 is 0. The van der Waals surface area contributed by atoms with E-state index in [1.165, 1.54) is 11.1 Å². The van der Waals surface area contributed by atoms with Crippen LogP contribution in [0.1, 0.15) is 28.3 Å². The van der Waals surface area contributed by atoms with Crippen molar-refractivity contribution in [3.63, 3.8) is 0 Å². The monoisotopic (exact) mass is 294 g/mol. The summed E-state index contributed by atoms with van der Waals surface area (Å²) in [6.45, 7) is 0.910. The maximum atomic E-state index is 8.93. The fourth-order valence-electron chi connectivity index (χ4n) is 2.93. The molecule has 0 saturated heterocycles. The fourth-order valence-corrected chi connectivity index (χ4v) is 2.93. The summed E-state index contributed by atoms with van der Waals surface area (Å²) in [5.74, 6) is 1.50. The zero-order chi connectivity index (χ0) is 15.5. The number of nitrogens with one attached hydrogen (secondary N) is 1. The van der Waals surface area contributed by atoms with Crippen LogP contribution in [0.5, 0.6) is 11.5 Å². The molecule has 0 bridgehead atoms. The molecule has 0 aliphatic carbocycles. The minimum atomic E-state index is 0.108. The first-order chi connectivity index (χ1) is 10.8. The van der Waals surface area contributed by atoms with Crippen LogP contribution in [0.4, 0.5) is 0 Å². The first-order valence-corrected chi connectivity index (χ1v) is 7.25. The number of benzene rings is 2. The van der Waals surface area contributed by atoms with Crippen LogP contribution < -0.4 is 14.8 Å². The SMILES string of the molecule is COc1cc2c(cc1OC)[C@H](c1ccc(C#N)cc1)NCC2. The summed E-state index contributed by atoms with van der Waals surface area (Å²) in [5.41, 5.74) is 4.29. The van der Waals surface area contributed by atoms with Gasteiger partial charge in [0.2, 0.25) is 0 Å². The van der Waals surface area contributed by atoms with Gasteiger partial charge in [0, 0.05) is 6.54 Å². The highest BCUT2D eigenvalue weighted by Gasteiger charge is 2.23. The minimum absolute atomic E-state index is 0.108. The molecule has 0 amide bonds. The van der Waals surface area contributed by atoms with E-state index in [0.717, 1.165) is 30.0 Å². The lowest BCUT2D eigenvalue weighted by molar-refractivity contribution is 0.353. The quantitative estimate of drug-likeness (QED) is 0.945. The number of rotatable bonds is 3. The van der Waals surface area contributed by atoms with Gasteiger partial charge in [0.05, 0.1) is 31.9 Å². The molecule has 0 unspecified atom stereocenters. The second-order valence-electron chi connectivity index (χ2n) is 5.28. The van der Waals surface area contributed by atoms with E-state index >= 15 is 0 Å². The van der Waals surface area contributed by atoms with Crippen LogP contribution in [0, 0.1) is 11.3 Å². The van der Waals surface area contributed by atoms with Crippen molar-refractivity contribution in [3.8, 4) is 17.6 Å². The van der Waals surface area contributed by atoms with Crippen molar-refractivity contribution in [2.75, 3.05) is 20.8 Å². The third-order valence-corrected chi connectivity index (χ3v) is 4.07. The highest BCUT2D eigenvalue weighted by atomic mass is 16.5. The second-order valence-corrected chi connectivity index (χ2v) is 5.28. The lowest BCUT2D eigenvalue weighted by Crippen LogP contribution is -2.30. The summed E-state index contributed by atoms with van der Waals surface area (Å²) < 4.78 is 10.8. The van der Waals surface area contributed by atoms with Gasteiger partial charge in [0.1, 0.15) is 0 Å². The summed E-state index contributed by atoms with van der Waals surface area (Å²) in [6.07, 6.45) is 0.961. The van der Waals surface area contributed by atoms with Gasteiger partial charge >= 0.3 is 0 Å². The lowest BCUT2D eigenvalue weighted by Gasteiger charge is -2.28. The Balaban J connectivity index is 2.04. The molecule has 2 aromatic rings. The van der Waals surface area contributed by atoms with E-state index < -0.39 is 0 Å². The Morgan fingerprint density at radius 2 is 1.77 bits per heavy atom. The van der Waals surface area contributed by atoms with E-state index in [1.54, 1.807) is 14.2 Å². The Kier molecular flexibility index (Phi) is 3.99. The largest absolute Gasteiger partial charge is 0.493 e. The highest BCUT2D eigenvalue weighted by molar-refractivity contribution is 5.51. The number of nitrogens with zero attached hydrogens (tertiary/aromatic N) is 1. The van der Waals surface area contributed by atoms with Crippen LogP contribution in [-0.4, -0.2) is 20.8 Å². The van der Waals surface area contributed by atoms with Crippen LogP contribution in [0.25, 0.3) is 0 Å². The predicted molar refractivity (Wildman–Crippen MR) is 84.3 cm³/mol. The van der Waals surface area contributed by atoms with Gasteiger partial charge in [-0.3, -0.25) is 0 Å². The maximum Gasteiger partial charge on any atom is 0.161 e. The molecular weight excluding hydrogens is 276 g/mol. The van der Waals surface area contributed by atoms with Crippen LogP contribution in [0.15, 0.2) is 36.4 Å². The summed E-state index contributed by atoms with van der Waals surface area (Å²) in [7, 11) is 3.31. The third-order valence-electron chi connectivity index (χ3n) is 4.07. The molecule has 0 aromatic heterocycles. The molecule has 0 saturated carbocycles. The molecule has 1 atom stereocenters. The number of ether oxygens (including phenoxy) is 2. The zero-order valence-corrected chi connectivity index (χ0v) is 12.7. The number of nitriles is 1. The molecule has 0 fully saturated rings. The summed E-state index contributed by atoms with van der Waals surface area (Å²) in [6, 6.07) is 14.1. The Bertz CT molecular complexity index is 717. The van der Waals surface area contributed by atoms with E-state index in [0.29, 0.717) is 5.56 Å². The van der Waals surface area contributed by atoms with Gasteiger partial charge in [-0.05, 0) is 47.4 Å². The van der Waals surface area contributed by atoms with Crippen molar-refractivity contribution >= 4 is 0 Å². The topological polar surface area (TPSA) is 54.3 Å². The van der Waals surface area contributed by atoms with Crippen molar-refractivity contribution in [2.45, 2.75) is 12.5 Å². The molecule has 112 valence electrons. The van der Waals surface area contributed by atoms with Crippen LogP contribution >= 0.6 is 0 Å². The van der Waals surface area contributed by atoms with Gasteiger partial charge in [-0.2, -0.15) is 5.26 Å². The summed E-state index contributed by atoms with van der Waals surface area (Å²) in [5, 5.41) is 12.5. The minimum Gasteiger partial charge on any atom is -0.493 e. The molecular formula is C18H18N2O2. The number of hydrogen-bond acceptors (Lipinski definition) is 4. The first-order valence-electron chi connectivity index (χ1n) is 7.25. The zero-order valence-electron chi connectivity index (χ0n) is 12.7. The van der Waals surface area contributed by atoms with Crippen molar-refractivity contribution in [1.29, 1.82) is 5.26 Å². The average molecular weight is 294 g/mol. The Labute approximate surface area is 130 Å². The number of hydrogen-bond donors (Lipinski definition) is 1. The van der Waals surface area contributed by atoms with Gasteiger partial charge in [0.15, 0.2) is 11.5 Å². The molecule has 4 heteroatoms. The molecule has 2 aromatic carbocycles. The Morgan fingerprint density at radius 1 is 1.09 bits per heavy atom. The number of fused-ring (bicyclic) bond motifs is 1. The Morgan fingerprint density at radius 3 is 2.41 bits per heavy atom. The molecule has 1 heterocycles. The van der Waals surface area contributed by atoms with Crippen LogP contribution in [-0.2, 0) is 6.42 Å². The van der Waals surface area contributed by atoms with Crippen molar-refractivity contribution in [2.24, 2.45) is 0 Å². The molecule has 22 heavy (non-hydrogen) atoms. The first kappa shape index (κ1) is 14.4. The van der Waals surface area contributed by atoms with E-state index in [-0.39, 0.29) is 6.04 Å². The van der Waals surface area contributed by atoms with E-state index in [1.807, 2.05) is 30.3 Å². The normalized spacial score (nSPS) is 16.5. The highest BCUT2D eigenvalue weighted by Crippen LogP contribution is 2.37. The second kappa shape index (κ2) is 6.08. The average Bonchev–Trinajstić information content (AvgIpc) is 2.60. The number of methoxy groups -OCH3 is 2. The molecule has 0 spiro atoms. The van der Waals surface area contributed by atoms with E-state index in [9.17, 15) is 0 Å². The molecule has 1 aliphatic rings. The lowest BCUT2D eigenvalue weighted by atomic mass is 9.89. The molecule has 1 aliphatic heterocycles. The van der Waals surface area contributed by atoms with Gasteiger partial charge in [0.25, 0.3) is 0 Å². The molecule has 4 nitrogen and oxygen atoms in total. The fraction of sp³-hybridized carbons (Fsp3) is 0.278. The Hall–Kier alpha value is -2.51. The van der Waals surface area contributed by atoms with Crippen LogP contribution in [0.2, 0.25) is 0 Å². The molecule has 3 rings (SSSR count). The predicted octanol–water partition coefficient (Wildman–Crippen LogP) is 2.81. The van der Waals surface area contributed by atoms with Gasteiger partial charge in [-0.1, -0.05) is 12.1 Å². The maximum absolute atomic E-state index is 8.93. The standard InChI is InChI=1S/C18H18N2O2/c1-21-16-9-14-7-8-20-18(15(14)10-17(16)22-2)13-5-3-12(11-19)4-6-13/h3-6,9-10,18,20H,7-8H2,1-2H3/t18-/m0/s1. The van der Waals surface area contributed by atoms with Gasteiger partial charge in [-0.15, -0.1) is 0 Å². The van der Waals surface area contributed by atoms with Crippen molar-refractivity contribution < 1.29 is 9.47 Å². The van der Waals surface area contributed by atoms with Gasteiger partial charge in [-0.25, -0.2) is 0 Å². The molecule has 0 radical (unpaired) electrons. The smallest absolute Gasteiger partial charge is 0.161 e. The van der Waals surface area contributed by atoms with Crippen LogP contribution in [0.3, 0.4) is 0 Å². The summed E-state index contributed by atoms with van der Waals surface area (Å²) in [4.78, 5) is 0. The van der Waals surface area contributed by atoms with Crippen molar-refractivity contribution in [3.05, 3.63) is 58.7 Å². The van der Waals surface area contributed by atoms with Gasteiger partial charge < -0.3 is 14.8 Å². The molecule has 1 N–H and O–H groups in total. The van der Waals surface area contributed by atoms with E-state index in [4.69, 9.17) is 14.7 Å². The third kappa shape index (κ3) is 2.51. The van der Waals surface area contributed by atoms with E-state index in [2.05, 4.69) is 17.5 Å². The van der Waals surface area contributed by atoms with Crippen molar-refractivity contribution in [1.82, 2.24) is 5.32 Å².